The number of imide groups is 1. The molecule has 2 amide bonds. The molecule has 1 aliphatic heterocycles. The summed E-state index contributed by atoms with van der Waals surface area (Å²) in [6.07, 6.45) is 1.01. The van der Waals surface area contributed by atoms with Crippen molar-refractivity contribution < 1.29 is 23.9 Å². The van der Waals surface area contributed by atoms with Gasteiger partial charge in [-0.05, 0) is 62.6 Å². The van der Waals surface area contributed by atoms with Gasteiger partial charge in [0.05, 0.1) is 24.3 Å². The van der Waals surface area contributed by atoms with E-state index in [1.807, 2.05) is 25.1 Å². The molecule has 31 heavy (non-hydrogen) atoms. The molecule has 4 rings (SSSR count). The van der Waals surface area contributed by atoms with Crippen molar-refractivity contribution >= 4 is 28.7 Å². The van der Waals surface area contributed by atoms with Crippen LogP contribution >= 0.6 is 0 Å². The van der Waals surface area contributed by atoms with Crippen molar-refractivity contribution in [3.8, 4) is 5.75 Å². The van der Waals surface area contributed by atoms with Gasteiger partial charge in [0, 0.05) is 17.4 Å². The average Bonchev–Trinajstić information content (AvgIpc) is 3.25. The number of aromatic nitrogens is 1. The Hall–Kier alpha value is -3.61. The Morgan fingerprint density at radius 3 is 2.35 bits per heavy atom. The summed E-state index contributed by atoms with van der Waals surface area (Å²) in [5, 5.41) is 0.872. The number of hydrogen-bond acceptors (Lipinski definition) is 5. The summed E-state index contributed by atoms with van der Waals surface area (Å²) in [5.74, 6) is -0.258. The topological polar surface area (TPSA) is 88.7 Å². The van der Waals surface area contributed by atoms with E-state index in [0.717, 1.165) is 16.5 Å². The van der Waals surface area contributed by atoms with Crippen molar-refractivity contribution in [2.45, 2.75) is 26.7 Å². The number of carbonyl (C=O) groups is 3. The fraction of sp³-hybridized carbons (Fsp3) is 0.292. The van der Waals surface area contributed by atoms with Crippen molar-refractivity contribution in [3.63, 3.8) is 0 Å². The highest BCUT2D eigenvalue weighted by atomic mass is 16.5. The Bertz CT molecular complexity index is 1130. The normalized spacial score (nSPS) is 13.0. The molecule has 0 spiro atoms. The summed E-state index contributed by atoms with van der Waals surface area (Å²) in [6, 6.07) is 12.5. The van der Waals surface area contributed by atoms with E-state index in [2.05, 4.69) is 4.98 Å². The third-order valence-corrected chi connectivity index (χ3v) is 5.35. The minimum Gasteiger partial charge on any atom is -0.494 e. The van der Waals surface area contributed by atoms with Crippen molar-refractivity contribution in [1.29, 1.82) is 0 Å². The maximum Gasteiger partial charge on any atom is 0.355 e. The Balaban J connectivity index is 1.58. The summed E-state index contributed by atoms with van der Waals surface area (Å²) >= 11 is 0. The van der Waals surface area contributed by atoms with E-state index in [9.17, 15) is 14.4 Å². The number of nitrogens with zero attached hydrogens (tertiary/aromatic N) is 1. The molecule has 0 atom stereocenters. The number of hydrogen-bond donors (Lipinski definition) is 1. The number of aromatic amines is 1. The van der Waals surface area contributed by atoms with E-state index in [-0.39, 0.29) is 25.0 Å². The summed E-state index contributed by atoms with van der Waals surface area (Å²) in [6.45, 7) is 4.75. The van der Waals surface area contributed by atoms with Crippen LogP contribution in [0.5, 0.6) is 5.75 Å². The van der Waals surface area contributed by atoms with Gasteiger partial charge in [0.2, 0.25) is 0 Å². The summed E-state index contributed by atoms with van der Waals surface area (Å²) in [5.41, 5.74) is 2.88. The van der Waals surface area contributed by atoms with E-state index < -0.39 is 5.97 Å². The van der Waals surface area contributed by atoms with Gasteiger partial charge in [0.15, 0.2) is 0 Å². The van der Waals surface area contributed by atoms with E-state index in [1.165, 1.54) is 4.90 Å². The minimum atomic E-state index is -0.424. The predicted octanol–water partition coefficient (Wildman–Crippen LogP) is 3.97. The molecule has 3 aromatic rings. The molecule has 1 aliphatic rings. The van der Waals surface area contributed by atoms with Crippen molar-refractivity contribution in [2.24, 2.45) is 0 Å². The number of nitrogens with one attached hydrogen (secondary N) is 1. The fourth-order valence-electron chi connectivity index (χ4n) is 3.98. The highest BCUT2D eigenvalue weighted by molar-refractivity contribution is 6.21. The number of H-pyrrole nitrogens is 1. The van der Waals surface area contributed by atoms with Crippen LogP contribution in [-0.4, -0.2) is 47.4 Å². The summed E-state index contributed by atoms with van der Waals surface area (Å²) in [7, 11) is 0. The molecule has 7 nitrogen and oxygen atoms in total. The standard InChI is InChI=1S/C24H24N2O5/c1-3-30-15-11-12-20-19(14-15)16(21(25-20)24(29)31-4-2)10-7-13-26-22(27)17-8-5-6-9-18(17)23(26)28/h5-6,8-9,11-12,14,25H,3-4,7,10,13H2,1-2H3. The van der Waals surface area contributed by atoms with Gasteiger partial charge in [0.25, 0.3) is 11.8 Å². The van der Waals surface area contributed by atoms with E-state index in [4.69, 9.17) is 9.47 Å². The predicted molar refractivity (Wildman–Crippen MR) is 116 cm³/mol. The van der Waals surface area contributed by atoms with Crippen LogP contribution in [-0.2, 0) is 11.2 Å². The highest BCUT2D eigenvalue weighted by Crippen LogP contribution is 2.29. The first-order chi connectivity index (χ1) is 15.0. The molecule has 1 N–H and O–H groups in total. The number of esters is 1. The third-order valence-electron chi connectivity index (χ3n) is 5.35. The molecule has 0 bridgehead atoms. The van der Waals surface area contributed by atoms with Crippen LogP contribution in [0.1, 0.15) is 57.0 Å². The Labute approximate surface area is 179 Å². The second kappa shape index (κ2) is 8.63. The lowest BCUT2D eigenvalue weighted by molar-refractivity contribution is 0.0517. The molecule has 0 radical (unpaired) electrons. The molecule has 7 heteroatoms. The maximum absolute atomic E-state index is 12.6. The Morgan fingerprint density at radius 1 is 1.00 bits per heavy atom. The molecule has 0 aliphatic carbocycles. The number of carbonyl (C=O) groups excluding carboxylic acids is 3. The van der Waals surface area contributed by atoms with Gasteiger partial charge in [0.1, 0.15) is 11.4 Å². The number of ether oxygens (including phenoxy) is 2. The highest BCUT2D eigenvalue weighted by Gasteiger charge is 2.34. The third kappa shape index (κ3) is 3.79. The van der Waals surface area contributed by atoms with Crippen LogP contribution in [0.25, 0.3) is 10.9 Å². The first-order valence-electron chi connectivity index (χ1n) is 10.4. The van der Waals surface area contributed by atoms with Crippen molar-refractivity contribution in [2.75, 3.05) is 19.8 Å². The lowest BCUT2D eigenvalue weighted by Crippen LogP contribution is -2.31. The molecule has 160 valence electrons. The Kier molecular flexibility index (Phi) is 5.75. The monoisotopic (exact) mass is 420 g/mol. The molecular weight excluding hydrogens is 396 g/mol. The fourth-order valence-corrected chi connectivity index (χ4v) is 3.98. The summed E-state index contributed by atoms with van der Waals surface area (Å²) < 4.78 is 10.8. The van der Waals surface area contributed by atoms with Gasteiger partial charge < -0.3 is 14.5 Å². The molecule has 0 unspecified atom stereocenters. The molecule has 0 saturated carbocycles. The van der Waals surface area contributed by atoms with Gasteiger partial charge in [-0.25, -0.2) is 4.79 Å². The number of rotatable bonds is 8. The zero-order valence-electron chi connectivity index (χ0n) is 17.6. The van der Waals surface area contributed by atoms with Gasteiger partial charge in [-0.15, -0.1) is 0 Å². The van der Waals surface area contributed by atoms with Crippen LogP contribution < -0.4 is 4.74 Å². The largest absolute Gasteiger partial charge is 0.494 e. The quantitative estimate of drug-likeness (QED) is 0.440. The van der Waals surface area contributed by atoms with E-state index in [0.29, 0.717) is 42.0 Å². The maximum atomic E-state index is 12.6. The minimum absolute atomic E-state index is 0.270. The molecule has 0 fully saturated rings. The zero-order chi connectivity index (χ0) is 22.0. The number of fused-ring (bicyclic) bond motifs is 2. The molecule has 0 saturated heterocycles. The van der Waals surface area contributed by atoms with Crippen LogP contribution in [0.15, 0.2) is 42.5 Å². The van der Waals surface area contributed by atoms with Gasteiger partial charge >= 0.3 is 5.97 Å². The molecular formula is C24H24N2O5. The first-order valence-corrected chi connectivity index (χ1v) is 10.4. The molecule has 2 heterocycles. The molecule has 2 aromatic carbocycles. The van der Waals surface area contributed by atoms with Gasteiger partial charge in [-0.2, -0.15) is 0 Å². The van der Waals surface area contributed by atoms with Gasteiger partial charge in [-0.1, -0.05) is 12.1 Å². The Morgan fingerprint density at radius 2 is 1.71 bits per heavy atom. The zero-order valence-corrected chi connectivity index (χ0v) is 17.6. The first kappa shape index (κ1) is 20.7. The van der Waals surface area contributed by atoms with Crippen LogP contribution in [0, 0.1) is 0 Å². The molecule has 1 aromatic heterocycles. The SMILES string of the molecule is CCOC(=O)c1[nH]c2ccc(OCC)cc2c1CCCN1C(=O)c2ccccc2C1=O. The van der Waals surface area contributed by atoms with Crippen LogP contribution in [0.2, 0.25) is 0 Å². The number of amides is 2. The lowest BCUT2D eigenvalue weighted by atomic mass is 10.0. The van der Waals surface area contributed by atoms with Crippen LogP contribution in [0.4, 0.5) is 0 Å². The van der Waals surface area contributed by atoms with E-state index >= 15 is 0 Å². The lowest BCUT2D eigenvalue weighted by Gasteiger charge is -2.14. The van der Waals surface area contributed by atoms with Gasteiger partial charge in [-0.3, -0.25) is 14.5 Å². The van der Waals surface area contributed by atoms with Crippen molar-refractivity contribution in [3.05, 3.63) is 64.8 Å². The number of benzene rings is 2. The second-order valence-corrected chi connectivity index (χ2v) is 7.25. The smallest absolute Gasteiger partial charge is 0.355 e. The average molecular weight is 420 g/mol. The second-order valence-electron chi connectivity index (χ2n) is 7.25. The number of aryl methyl sites for hydroxylation is 1. The van der Waals surface area contributed by atoms with Crippen LogP contribution in [0.3, 0.4) is 0 Å². The summed E-state index contributed by atoms with van der Waals surface area (Å²) in [4.78, 5) is 42.1. The van der Waals surface area contributed by atoms with Crippen molar-refractivity contribution in [1.82, 2.24) is 9.88 Å². The van der Waals surface area contributed by atoms with E-state index in [1.54, 1.807) is 31.2 Å².